The second-order valence-electron chi connectivity index (χ2n) is 4.65. The van der Waals surface area contributed by atoms with Crippen LogP contribution in [0.2, 0.25) is 0 Å². The highest BCUT2D eigenvalue weighted by Gasteiger charge is 2.09. The van der Waals surface area contributed by atoms with Gasteiger partial charge in [0, 0.05) is 11.3 Å². The van der Waals surface area contributed by atoms with Crippen molar-refractivity contribution in [2.75, 3.05) is 12.8 Å². The summed E-state index contributed by atoms with van der Waals surface area (Å²) < 4.78 is 10.8. The predicted octanol–water partition coefficient (Wildman–Crippen LogP) is 2.92. The van der Waals surface area contributed by atoms with Crippen molar-refractivity contribution in [1.82, 2.24) is 10.2 Å². The van der Waals surface area contributed by atoms with Crippen molar-refractivity contribution >= 4 is 5.69 Å². The quantitative estimate of drug-likeness (QED) is 0.744. The van der Waals surface area contributed by atoms with Crippen LogP contribution in [0.1, 0.15) is 11.5 Å². The van der Waals surface area contributed by atoms with E-state index in [0.717, 1.165) is 16.9 Å². The average molecular weight is 281 g/mol. The van der Waals surface area contributed by atoms with Crippen LogP contribution in [0.3, 0.4) is 0 Å². The maximum atomic E-state index is 5.75. The van der Waals surface area contributed by atoms with Gasteiger partial charge in [-0.25, -0.2) is 0 Å². The Morgan fingerprint density at radius 1 is 1.10 bits per heavy atom. The molecule has 0 aliphatic heterocycles. The van der Waals surface area contributed by atoms with Crippen molar-refractivity contribution in [1.29, 1.82) is 0 Å². The van der Waals surface area contributed by atoms with Crippen LogP contribution in [0, 0.1) is 0 Å². The molecule has 1 aromatic heterocycles. The zero-order valence-electron chi connectivity index (χ0n) is 11.6. The first-order chi connectivity index (χ1) is 10.2. The van der Waals surface area contributed by atoms with Gasteiger partial charge >= 0.3 is 0 Å². The van der Waals surface area contributed by atoms with Gasteiger partial charge in [0.2, 0.25) is 11.8 Å². The molecular formula is C16H15N3O2. The number of ether oxygens (including phenoxy) is 1. The Morgan fingerprint density at radius 3 is 2.62 bits per heavy atom. The smallest absolute Gasteiger partial charge is 0.247 e. The summed E-state index contributed by atoms with van der Waals surface area (Å²) in [5.74, 6) is 1.87. The van der Waals surface area contributed by atoms with Gasteiger partial charge in [0.15, 0.2) is 0 Å². The first-order valence-electron chi connectivity index (χ1n) is 6.56. The van der Waals surface area contributed by atoms with Crippen molar-refractivity contribution in [2.24, 2.45) is 0 Å². The monoisotopic (exact) mass is 281 g/mol. The summed E-state index contributed by atoms with van der Waals surface area (Å²) in [6.45, 7) is 0. The van der Waals surface area contributed by atoms with E-state index in [1.165, 1.54) is 0 Å². The molecule has 0 radical (unpaired) electrons. The van der Waals surface area contributed by atoms with Gasteiger partial charge in [-0.1, -0.05) is 18.2 Å². The van der Waals surface area contributed by atoms with Gasteiger partial charge in [-0.3, -0.25) is 0 Å². The second-order valence-corrected chi connectivity index (χ2v) is 4.65. The molecule has 0 saturated heterocycles. The summed E-state index contributed by atoms with van der Waals surface area (Å²) in [5.41, 5.74) is 8.33. The number of nitrogen functional groups attached to an aromatic ring is 1. The van der Waals surface area contributed by atoms with Crippen molar-refractivity contribution in [3.05, 3.63) is 60.0 Å². The highest BCUT2D eigenvalue weighted by atomic mass is 16.5. The summed E-state index contributed by atoms with van der Waals surface area (Å²) in [4.78, 5) is 0. The fourth-order valence-corrected chi connectivity index (χ4v) is 2.03. The Balaban J connectivity index is 1.78. The van der Waals surface area contributed by atoms with Crippen LogP contribution in [-0.4, -0.2) is 17.3 Å². The SMILES string of the molecule is COc1ccc(Cc2nnc(-c3cccc(N)c3)o2)cc1. The summed E-state index contributed by atoms with van der Waals surface area (Å²) in [5, 5.41) is 8.13. The van der Waals surface area contributed by atoms with Crippen molar-refractivity contribution in [3.63, 3.8) is 0 Å². The molecule has 0 aliphatic rings. The first-order valence-corrected chi connectivity index (χ1v) is 6.56. The highest BCUT2D eigenvalue weighted by Crippen LogP contribution is 2.21. The van der Waals surface area contributed by atoms with Crippen LogP contribution in [0.4, 0.5) is 5.69 Å². The molecule has 21 heavy (non-hydrogen) atoms. The molecule has 0 spiro atoms. The molecule has 5 heteroatoms. The largest absolute Gasteiger partial charge is 0.497 e. The van der Waals surface area contributed by atoms with E-state index in [2.05, 4.69) is 10.2 Å². The number of hydrogen-bond donors (Lipinski definition) is 1. The van der Waals surface area contributed by atoms with E-state index >= 15 is 0 Å². The summed E-state index contributed by atoms with van der Waals surface area (Å²) in [6, 6.07) is 15.1. The van der Waals surface area contributed by atoms with E-state index in [1.54, 1.807) is 7.11 Å². The van der Waals surface area contributed by atoms with E-state index in [-0.39, 0.29) is 0 Å². The minimum Gasteiger partial charge on any atom is -0.497 e. The first kappa shape index (κ1) is 13.2. The fraction of sp³-hybridized carbons (Fsp3) is 0.125. The summed E-state index contributed by atoms with van der Waals surface area (Å²) >= 11 is 0. The Kier molecular flexibility index (Phi) is 3.55. The molecule has 2 N–H and O–H groups in total. The van der Waals surface area contributed by atoms with Crippen LogP contribution in [0.25, 0.3) is 11.5 Å². The molecule has 2 aromatic carbocycles. The number of benzene rings is 2. The van der Waals surface area contributed by atoms with Crippen LogP contribution in [0.5, 0.6) is 5.75 Å². The number of rotatable bonds is 4. The van der Waals surface area contributed by atoms with E-state index in [4.69, 9.17) is 14.9 Å². The lowest BCUT2D eigenvalue weighted by atomic mass is 10.1. The molecule has 5 nitrogen and oxygen atoms in total. The Bertz CT molecular complexity index is 735. The lowest BCUT2D eigenvalue weighted by Gasteiger charge is -2.00. The molecule has 3 aromatic rings. The van der Waals surface area contributed by atoms with Gasteiger partial charge in [-0.05, 0) is 35.9 Å². The topological polar surface area (TPSA) is 74.2 Å². The van der Waals surface area contributed by atoms with Crippen molar-refractivity contribution in [3.8, 4) is 17.2 Å². The van der Waals surface area contributed by atoms with E-state index in [9.17, 15) is 0 Å². The minimum absolute atomic E-state index is 0.478. The molecule has 0 atom stereocenters. The molecule has 0 amide bonds. The normalized spacial score (nSPS) is 10.5. The Labute approximate surface area is 122 Å². The summed E-state index contributed by atoms with van der Waals surface area (Å²) in [6.07, 6.45) is 0.583. The van der Waals surface area contributed by atoms with Crippen molar-refractivity contribution in [2.45, 2.75) is 6.42 Å². The van der Waals surface area contributed by atoms with E-state index < -0.39 is 0 Å². The minimum atomic E-state index is 0.478. The van der Waals surface area contributed by atoms with Crippen LogP contribution in [-0.2, 0) is 6.42 Å². The Hall–Kier alpha value is -2.82. The van der Waals surface area contributed by atoms with Gasteiger partial charge in [0.05, 0.1) is 13.5 Å². The molecule has 0 saturated carbocycles. The third kappa shape index (κ3) is 3.02. The van der Waals surface area contributed by atoms with Crippen LogP contribution < -0.4 is 10.5 Å². The number of anilines is 1. The van der Waals surface area contributed by atoms with Crippen LogP contribution >= 0.6 is 0 Å². The molecule has 0 fully saturated rings. The molecule has 0 bridgehead atoms. The third-order valence-corrected chi connectivity index (χ3v) is 3.11. The average Bonchev–Trinajstić information content (AvgIpc) is 2.97. The molecule has 3 rings (SSSR count). The lowest BCUT2D eigenvalue weighted by molar-refractivity contribution is 0.414. The zero-order valence-corrected chi connectivity index (χ0v) is 11.6. The highest BCUT2D eigenvalue weighted by molar-refractivity contribution is 5.59. The third-order valence-electron chi connectivity index (χ3n) is 3.11. The Morgan fingerprint density at radius 2 is 1.90 bits per heavy atom. The van der Waals surface area contributed by atoms with Gasteiger partial charge < -0.3 is 14.9 Å². The van der Waals surface area contributed by atoms with Crippen molar-refractivity contribution < 1.29 is 9.15 Å². The van der Waals surface area contributed by atoms with E-state index in [1.807, 2.05) is 48.5 Å². The fourth-order valence-electron chi connectivity index (χ4n) is 2.03. The molecule has 0 unspecified atom stereocenters. The number of aromatic nitrogens is 2. The van der Waals surface area contributed by atoms with Gasteiger partial charge in [0.1, 0.15) is 5.75 Å². The van der Waals surface area contributed by atoms with Crippen LogP contribution in [0.15, 0.2) is 52.9 Å². The lowest BCUT2D eigenvalue weighted by Crippen LogP contribution is -1.89. The summed E-state index contributed by atoms with van der Waals surface area (Å²) in [7, 11) is 1.64. The zero-order chi connectivity index (χ0) is 14.7. The maximum Gasteiger partial charge on any atom is 0.247 e. The van der Waals surface area contributed by atoms with E-state index in [0.29, 0.717) is 23.9 Å². The van der Waals surface area contributed by atoms with Gasteiger partial charge in [-0.2, -0.15) is 0 Å². The number of nitrogens with zero attached hydrogens (tertiary/aromatic N) is 2. The number of hydrogen-bond acceptors (Lipinski definition) is 5. The molecule has 1 heterocycles. The second kappa shape index (κ2) is 5.66. The number of methoxy groups -OCH3 is 1. The molecular weight excluding hydrogens is 266 g/mol. The number of nitrogens with two attached hydrogens (primary N) is 1. The maximum absolute atomic E-state index is 5.75. The molecule has 106 valence electrons. The van der Waals surface area contributed by atoms with Gasteiger partial charge in [0.25, 0.3) is 0 Å². The standard InChI is InChI=1S/C16H15N3O2/c1-20-14-7-5-11(6-8-14)9-15-18-19-16(21-15)12-3-2-4-13(17)10-12/h2-8,10H,9,17H2,1H3. The molecule has 0 aliphatic carbocycles. The van der Waals surface area contributed by atoms with Gasteiger partial charge in [-0.15, -0.1) is 10.2 Å². The predicted molar refractivity (Wildman–Crippen MR) is 79.9 cm³/mol.